The molecule has 0 aromatic rings. The van der Waals surface area contributed by atoms with Gasteiger partial charge in [-0.05, 0) is 80.8 Å². The van der Waals surface area contributed by atoms with Crippen LogP contribution in [0.1, 0.15) is 65.2 Å². The standard InChI is InChI=1S/C20H28/c1-3-4-5-6-18-15-16(2)7-8-19(18)20-12-9-17(10-13-20)11-14-20/h4-8,17H,3,9-15H2,1-2H3/b5-4-,18-6+. The first-order chi connectivity index (χ1) is 9.73. The van der Waals surface area contributed by atoms with Crippen LogP contribution in [-0.4, -0.2) is 0 Å². The van der Waals surface area contributed by atoms with Crippen molar-refractivity contribution in [3.8, 4) is 0 Å². The van der Waals surface area contributed by atoms with E-state index in [-0.39, 0.29) is 0 Å². The number of hydrogen-bond acceptors (Lipinski definition) is 0. The van der Waals surface area contributed by atoms with E-state index in [0.717, 1.165) is 18.8 Å². The van der Waals surface area contributed by atoms with E-state index in [0.29, 0.717) is 5.41 Å². The van der Waals surface area contributed by atoms with Crippen molar-refractivity contribution in [2.75, 3.05) is 0 Å². The van der Waals surface area contributed by atoms with Crippen molar-refractivity contribution >= 4 is 0 Å². The van der Waals surface area contributed by atoms with Crippen molar-refractivity contribution < 1.29 is 0 Å². The Morgan fingerprint density at radius 3 is 2.50 bits per heavy atom. The molecular formula is C20H28. The molecule has 108 valence electrons. The van der Waals surface area contributed by atoms with Gasteiger partial charge < -0.3 is 0 Å². The molecule has 4 aliphatic carbocycles. The minimum atomic E-state index is 0.526. The van der Waals surface area contributed by atoms with Crippen LogP contribution < -0.4 is 0 Å². The Morgan fingerprint density at radius 1 is 1.15 bits per heavy atom. The van der Waals surface area contributed by atoms with Gasteiger partial charge >= 0.3 is 0 Å². The summed E-state index contributed by atoms with van der Waals surface area (Å²) in [5, 5.41) is 0. The van der Waals surface area contributed by atoms with Crippen LogP contribution in [0.25, 0.3) is 0 Å². The summed E-state index contributed by atoms with van der Waals surface area (Å²) in [4.78, 5) is 0. The monoisotopic (exact) mass is 268 g/mol. The summed E-state index contributed by atoms with van der Waals surface area (Å²) in [6.07, 6.45) is 22.8. The van der Waals surface area contributed by atoms with Gasteiger partial charge in [-0.25, -0.2) is 0 Å². The maximum atomic E-state index is 2.45. The van der Waals surface area contributed by atoms with Crippen molar-refractivity contribution in [1.82, 2.24) is 0 Å². The molecule has 0 amide bonds. The van der Waals surface area contributed by atoms with E-state index < -0.39 is 0 Å². The topological polar surface area (TPSA) is 0 Å². The average molecular weight is 268 g/mol. The Hall–Kier alpha value is -1.04. The van der Waals surface area contributed by atoms with Crippen LogP contribution in [0.5, 0.6) is 0 Å². The first kappa shape index (κ1) is 13.9. The van der Waals surface area contributed by atoms with Gasteiger partial charge in [-0.15, -0.1) is 0 Å². The molecule has 3 fully saturated rings. The Balaban J connectivity index is 1.91. The van der Waals surface area contributed by atoms with Gasteiger partial charge in [0.05, 0.1) is 0 Å². The van der Waals surface area contributed by atoms with Crippen LogP contribution in [0, 0.1) is 11.3 Å². The summed E-state index contributed by atoms with van der Waals surface area (Å²) >= 11 is 0. The summed E-state index contributed by atoms with van der Waals surface area (Å²) in [5.41, 5.74) is 5.31. The molecule has 0 aromatic carbocycles. The molecule has 0 unspecified atom stereocenters. The summed E-state index contributed by atoms with van der Waals surface area (Å²) in [6, 6.07) is 0. The number of allylic oxidation sites excluding steroid dienone is 8. The zero-order valence-corrected chi connectivity index (χ0v) is 13.1. The van der Waals surface area contributed by atoms with Crippen LogP contribution in [0.15, 0.2) is 47.1 Å². The highest BCUT2D eigenvalue weighted by molar-refractivity contribution is 5.47. The third-order valence-electron chi connectivity index (χ3n) is 5.68. The molecule has 0 nitrogen and oxygen atoms in total. The Morgan fingerprint density at radius 2 is 1.85 bits per heavy atom. The molecule has 0 aliphatic heterocycles. The molecular weight excluding hydrogens is 240 g/mol. The van der Waals surface area contributed by atoms with Crippen molar-refractivity contribution in [1.29, 1.82) is 0 Å². The second kappa shape index (κ2) is 5.76. The average Bonchev–Trinajstić information content (AvgIpc) is 2.49. The summed E-state index contributed by atoms with van der Waals surface area (Å²) in [6.45, 7) is 4.47. The maximum absolute atomic E-state index is 2.45. The fourth-order valence-electron chi connectivity index (χ4n) is 4.43. The van der Waals surface area contributed by atoms with Crippen LogP contribution in [-0.2, 0) is 0 Å². The summed E-state index contributed by atoms with van der Waals surface area (Å²) in [7, 11) is 0. The Kier molecular flexibility index (Phi) is 4.01. The maximum Gasteiger partial charge on any atom is -0.00438 e. The van der Waals surface area contributed by atoms with Gasteiger partial charge in [-0.3, -0.25) is 0 Å². The minimum absolute atomic E-state index is 0.526. The molecule has 0 aromatic heterocycles. The van der Waals surface area contributed by atoms with Crippen LogP contribution in [0.4, 0.5) is 0 Å². The predicted octanol–water partition coefficient (Wildman–Crippen LogP) is 6.13. The highest BCUT2D eigenvalue weighted by atomic mass is 14.5. The molecule has 0 N–H and O–H groups in total. The fourth-order valence-corrected chi connectivity index (χ4v) is 4.43. The third-order valence-corrected chi connectivity index (χ3v) is 5.68. The second-order valence-corrected chi connectivity index (χ2v) is 7.06. The molecule has 0 radical (unpaired) electrons. The molecule has 2 bridgehead atoms. The molecule has 0 atom stereocenters. The smallest absolute Gasteiger partial charge is 0.00438 e. The highest BCUT2D eigenvalue weighted by Crippen LogP contribution is 2.56. The van der Waals surface area contributed by atoms with E-state index in [1.54, 1.807) is 11.1 Å². The molecule has 4 aliphatic rings. The zero-order chi connectivity index (χ0) is 14.0. The number of hydrogen-bond donors (Lipinski definition) is 0. The lowest BCUT2D eigenvalue weighted by molar-refractivity contribution is 0.101. The van der Waals surface area contributed by atoms with Gasteiger partial charge in [0.1, 0.15) is 0 Å². The van der Waals surface area contributed by atoms with Crippen LogP contribution >= 0.6 is 0 Å². The second-order valence-electron chi connectivity index (χ2n) is 7.06. The molecule has 0 saturated heterocycles. The molecule has 0 heteroatoms. The first-order valence-corrected chi connectivity index (χ1v) is 8.47. The largest absolute Gasteiger partial charge is 0.0848 e. The first-order valence-electron chi connectivity index (χ1n) is 8.47. The highest BCUT2D eigenvalue weighted by Gasteiger charge is 2.43. The lowest BCUT2D eigenvalue weighted by atomic mass is 9.56. The lowest BCUT2D eigenvalue weighted by Crippen LogP contribution is -2.36. The molecule has 0 spiro atoms. The van der Waals surface area contributed by atoms with Gasteiger partial charge in [0.25, 0.3) is 0 Å². The summed E-state index contributed by atoms with van der Waals surface area (Å²) in [5.74, 6) is 1.05. The third kappa shape index (κ3) is 2.57. The van der Waals surface area contributed by atoms with E-state index >= 15 is 0 Å². The van der Waals surface area contributed by atoms with Gasteiger partial charge in [-0.2, -0.15) is 0 Å². The minimum Gasteiger partial charge on any atom is -0.0848 e. The zero-order valence-electron chi connectivity index (χ0n) is 13.1. The molecule has 4 rings (SSSR count). The number of fused-ring (bicyclic) bond motifs is 3. The quantitative estimate of drug-likeness (QED) is 0.578. The van der Waals surface area contributed by atoms with Gasteiger partial charge in [0.15, 0.2) is 0 Å². The van der Waals surface area contributed by atoms with Crippen molar-refractivity contribution in [3.63, 3.8) is 0 Å². The van der Waals surface area contributed by atoms with E-state index in [1.165, 1.54) is 44.1 Å². The van der Waals surface area contributed by atoms with E-state index in [2.05, 4.69) is 44.2 Å². The number of rotatable bonds is 3. The Labute approximate surface area is 124 Å². The van der Waals surface area contributed by atoms with Crippen LogP contribution in [0.2, 0.25) is 0 Å². The van der Waals surface area contributed by atoms with Crippen molar-refractivity contribution in [2.45, 2.75) is 65.2 Å². The normalized spacial score (nSPS) is 35.5. The fraction of sp³-hybridized carbons (Fsp3) is 0.600. The van der Waals surface area contributed by atoms with E-state index in [9.17, 15) is 0 Å². The van der Waals surface area contributed by atoms with E-state index in [1.807, 2.05) is 0 Å². The molecule has 20 heavy (non-hydrogen) atoms. The van der Waals surface area contributed by atoms with Crippen molar-refractivity contribution in [3.05, 3.63) is 47.1 Å². The molecule has 3 saturated carbocycles. The summed E-state index contributed by atoms with van der Waals surface area (Å²) < 4.78 is 0. The predicted molar refractivity (Wildman–Crippen MR) is 87.6 cm³/mol. The lowest BCUT2D eigenvalue weighted by Gasteiger charge is -2.49. The van der Waals surface area contributed by atoms with Crippen molar-refractivity contribution in [2.24, 2.45) is 11.3 Å². The SMILES string of the molecule is CC/C=C\C=C1/CC(C)=CC=C1C12CCC(CC1)CC2. The van der Waals surface area contributed by atoms with Crippen LogP contribution in [0.3, 0.4) is 0 Å². The van der Waals surface area contributed by atoms with Gasteiger partial charge in [-0.1, -0.05) is 42.9 Å². The van der Waals surface area contributed by atoms with Gasteiger partial charge in [0.2, 0.25) is 0 Å². The Bertz CT molecular complexity index is 462. The van der Waals surface area contributed by atoms with Gasteiger partial charge in [0, 0.05) is 0 Å². The molecule has 0 heterocycles. The van der Waals surface area contributed by atoms with E-state index in [4.69, 9.17) is 0 Å².